The number of nitrogens with zero attached hydrogens (tertiary/aromatic N) is 3. The van der Waals surface area contributed by atoms with Crippen LogP contribution in [0.1, 0.15) is 105 Å². The van der Waals surface area contributed by atoms with Gasteiger partial charge in [-0.1, -0.05) is 82.3 Å². The highest BCUT2D eigenvalue weighted by Gasteiger charge is 2.23. The first-order chi connectivity index (χ1) is 23.2. The number of hydrazone groups is 1. The quantitative estimate of drug-likeness (QED) is 0.0746. The van der Waals surface area contributed by atoms with Crippen molar-refractivity contribution < 1.29 is 14.1 Å². The van der Waals surface area contributed by atoms with E-state index in [1.165, 1.54) is 11.1 Å². The third-order valence-electron chi connectivity index (χ3n) is 9.01. The lowest BCUT2D eigenvalue weighted by Crippen LogP contribution is -2.40. The Labute approximate surface area is 291 Å². The predicted molar refractivity (Wildman–Crippen MR) is 204 cm³/mol. The van der Waals surface area contributed by atoms with Crippen LogP contribution in [0.15, 0.2) is 84.2 Å². The Hall–Kier alpha value is -5.10. The van der Waals surface area contributed by atoms with Crippen LogP contribution in [-0.4, -0.2) is 28.6 Å². The van der Waals surface area contributed by atoms with Gasteiger partial charge in [-0.3, -0.25) is 4.79 Å². The predicted octanol–water partition coefficient (Wildman–Crippen LogP) is 9.10. The SMILES string of the molecule is Cc1ccc(C(C)C)cc2c(/C=[N+](\[O-])C(C)(C)C)cc(/C=C/c3cc(/C=N/NC(=O)C[n+]4ccccc4)c4cc(C(C)C)ccc(C)c3-4)c1-2. The molecule has 4 aliphatic rings. The molecule has 0 unspecified atom stereocenters. The topological polar surface area (TPSA) is 71.4 Å². The number of rotatable bonds is 9. The minimum atomic E-state index is -0.555. The Morgan fingerprint density at radius 1 is 0.796 bits per heavy atom. The van der Waals surface area contributed by atoms with Gasteiger partial charge in [0.1, 0.15) is 0 Å². The van der Waals surface area contributed by atoms with E-state index in [4.69, 9.17) is 0 Å². The van der Waals surface area contributed by atoms with Gasteiger partial charge >= 0.3 is 5.91 Å². The summed E-state index contributed by atoms with van der Waals surface area (Å²) in [7, 11) is 0. The highest BCUT2D eigenvalue weighted by atomic mass is 16.5. The minimum absolute atomic E-state index is 0.183. The van der Waals surface area contributed by atoms with E-state index in [0.717, 1.165) is 60.4 Å². The molecule has 0 spiro atoms. The van der Waals surface area contributed by atoms with Crippen molar-refractivity contribution >= 4 is 30.5 Å². The third kappa shape index (κ3) is 8.14. The molecule has 5 rings (SSSR count). The Morgan fingerprint density at radius 2 is 1.31 bits per heavy atom. The number of carbonyl (C=O) groups excluding carboxylic acids is 1. The molecule has 0 saturated carbocycles. The van der Waals surface area contributed by atoms with E-state index >= 15 is 0 Å². The molecule has 0 radical (unpaired) electrons. The number of hydrogen-bond acceptors (Lipinski definition) is 3. The summed E-state index contributed by atoms with van der Waals surface area (Å²) in [5.74, 6) is 0.491. The third-order valence-corrected chi connectivity index (χ3v) is 9.01. The number of aryl methyl sites for hydroxylation is 2. The summed E-state index contributed by atoms with van der Waals surface area (Å²) in [5, 5.41) is 17.5. The first-order valence-corrected chi connectivity index (χ1v) is 17.1. The van der Waals surface area contributed by atoms with Crippen LogP contribution in [0.25, 0.3) is 34.4 Å². The maximum atomic E-state index is 13.2. The standard InChI is InChI=1S/C43H48N4O2/c1-28(2)32-15-13-30(5)41-34(21-36(38(41)23-32)25-44-45-40(48)27-46-19-11-10-12-20-46)17-18-35-22-37(26-47(49)43(7,8)9)39-24-33(29(3)4)16-14-31(6)42(35)39/h10-26,28-29H,27H2,1-9H3/p+1/b18-17+,44-25+,47-26-. The van der Waals surface area contributed by atoms with Crippen LogP contribution < -0.4 is 9.99 Å². The molecule has 6 nitrogen and oxygen atoms in total. The molecule has 1 heterocycles. The minimum Gasteiger partial charge on any atom is -0.623 e. The van der Waals surface area contributed by atoms with Gasteiger partial charge in [0, 0.05) is 44.0 Å². The molecular formula is C43H49N4O2+. The van der Waals surface area contributed by atoms with Crippen LogP contribution in [0.2, 0.25) is 0 Å². The lowest BCUT2D eigenvalue weighted by atomic mass is 9.99. The monoisotopic (exact) mass is 653 g/mol. The van der Waals surface area contributed by atoms with Crippen molar-refractivity contribution in [2.24, 2.45) is 5.10 Å². The van der Waals surface area contributed by atoms with Crippen molar-refractivity contribution in [3.05, 3.63) is 129 Å². The van der Waals surface area contributed by atoms with Gasteiger partial charge in [0.25, 0.3) is 0 Å². The van der Waals surface area contributed by atoms with Crippen LogP contribution in [0.3, 0.4) is 0 Å². The Morgan fingerprint density at radius 3 is 1.82 bits per heavy atom. The molecule has 0 atom stereocenters. The average molecular weight is 654 g/mol. The van der Waals surface area contributed by atoms with Gasteiger partial charge in [-0.2, -0.15) is 9.67 Å². The van der Waals surface area contributed by atoms with Crippen LogP contribution in [-0.2, 0) is 11.3 Å². The van der Waals surface area contributed by atoms with Gasteiger partial charge in [0.15, 0.2) is 24.1 Å². The van der Waals surface area contributed by atoms with Crippen LogP contribution in [0, 0.1) is 19.1 Å². The number of aromatic nitrogens is 1. The van der Waals surface area contributed by atoms with E-state index in [0.29, 0.717) is 11.8 Å². The van der Waals surface area contributed by atoms with E-state index in [1.807, 2.05) is 55.9 Å². The van der Waals surface area contributed by atoms with Crippen molar-refractivity contribution in [3.63, 3.8) is 0 Å². The summed E-state index contributed by atoms with van der Waals surface area (Å²) < 4.78 is 2.86. The molecule has 0 aromatic carbocycles. The first-order valence-electron chi connectivity index (χ1n) is 17.1. The fraction of sp³-hybridized carbons (Fsp3) is 0.302. The fourth-order valence-corrected chi connectivity index (χ4v) is 6.07. The zero-order valence-corrected chi connectivity index (χ0v) is 30.3. The second kappa shape index (κ2) is 14.6. The van der Waals surface area contributed by atoms with E-state index < -0.39 is 5.54 Å². The zero-order chi connectivity index (χ0) is 35.5. The molecule has 1 aromatic rings. The summed E-state index contributed by atoms with van der Waals surface area (Å²) in [6.45, 7) is 19.0. The van der Waals surface area contributed by atoms with E-state index in [-0.39, 0.29) is 12.5 Å². The molecule has 4 aliphatic carbocycles. The molecule has 0 bridgehead atoms. The number of amides is 1. The molecule has 1 amide bonds. The fourth-order valence-electron chi connectivity index (χ4n) is 6.07. The number of hydroxylamine groups is 1. The van der Waals surface area contributed by atoms with Crippen molar-refractivity contribution in [2.45, 2.75) is 86.2 Å². The Balaban J connectivity index is 1.60. The summed E-state index contributed by atoms with van der Waals surface area (Å²) in [5.41, 5.74) is 15.3. The molecular weight excluding hydrogens is 604 g/mol. The largest absolute Gasteiger partial charge is 0.623 e. The van der Waals surface area contributed by atoms with Crippen molar-refractivity contribution in [2.75, 3.05) is 0 Å². The average Bonchev–Trinajstić information content (AvgIpc) is 3.41. The molecule has 0 aliphatic heterocycles. The number of nitrogens with one attached hydrogen (secondary N) is 1. The lowest BCUT2D eigenvalue weighted by molar-refractivity contribution is -0.684. The zero-order valence-electron chi connectivity index (χ0n) is 30.3. The molecule has 1 aromatic heterocycles. The normalized spacial score (nSPS) is 12.8. The number of fused-ring (bicyclic) bond motifs is 2. The molecule has 252 valence electrons. The molecule has 0 saturated heterocycles. The smallest absolute Gasteiger partial charge is 0.305 e. The van der Waals surface area contributed by atoms with Crippen molar-refractivity contribution in [1.82, 2.24) is 5.43 Å². The van der Waals surface area contributed by atoms with Crippen molar-refractivity contribution in [1.29, 1.82) is 0 Å². The molecule has 1 N–H and O–H groups in total. The van der Waals surface area contributed by atoms with Gasteiger partial charge < -0.3 is 5.21 Å². The highest BCUT2D eigenvalue weighted by Crippen LogP contribution is 2.40. The Bertz CT molecular complexity index is 2000. The van der Waals surface area contributed by atoms with Crippen LogP contribution >= 0.6 is 0 Å². The number of hydrogen-bond donors (Lipinski definition) is 1. The van der Waals surface area contributed by atoms with E-state index in [9.17, 15) is 10.0 Å². The first kappa shape index (κ1) is 35.2. The molecule has 6 heteroatoms. The number of carbonyl (C=O) groups is 1. The summed E-state index contributed by atoms with van der Waals surface area (Å²) in [4.78, 5) is 12.6. The van der Waals surface area contributed by atoms with Gasteiger partial charge in [0.2, 0.25) is 6.54 Å². The summed E-state index contributed by atoms with van der Waals surface area (Å²) in [6, 6.07) is 23.2. The van der Waals surface area contributed by atoms with Gasteiger partial charge in [0.05, 0.1) is 6.21 Å². The second-order valence-electron chi connectivity index (χ2n) is 14.6. The van der Waals surface area contributed by atoms with E-state index in [1.54, 1.807) is 12.4 Å². The maximum Gasteiger partial charge on any atom is 0.305 e. The van der Waals surface area contributed by atoms with E-state index in [2.05, 4.69) is 113 Å². The maximum absolute atomic E-state index is 13.2. The lowest BCUT2D eigenvalue weighted by Gasteiger charge is -2.18. The van der Waals surface area contributed by atoms with Crippen LogP contribution in [0.4, 0.5) is 0 Å². The van der Waals surface area contributed by atoms with Crippen LogP contribution in [0.5, 0.6) is 0 Å². The summed E-state index contributed by atoms with van der Waals surface area (Å²) >= 11 is 0. The number of pyridine rings is 1. The Kier molecular flexibility index (Phi) is 10.5. The van der Waals surface area contributed by atoms with Gasteiger partial charge in [-0.05, 0) is 93.5 Å². The van der Waals surface area contributed by atoms with Gasteiger partial charge in [-0.15, -0.1) is 0 Å². The highest BCUT2D eigenvalue weighted by molar-refractivity contribution is 6.01. The second-order valence-corrected chi connectivity index (χ2v) is 14.6. The molecule has 49 heavy (non-hydrogen) atoms. The van der Waals surface area contributed by atoms with Gasteiger partial charge in [-0.25, -0.2) is 10.2 Å². The summed E-state index contributed by atoms with van der Waals surface area (Å²) in [6.07, 6.45) is 11.5. The molecule has 0 fully saturated rings. The van der Waals surface area contributed by atoms with Crippen molar-refractivity contribution in [3.8, 4) is 22.3 Å².